The predicted octanol–water partition coefficient (Wildman–Crippen LogP) is 3.40. The summed E-state index contributed by atoms with van der Waals surface area (Å²) in [5, 5.41) is 5.94. The number of nitrogens with one attached hydrogen (secondary N) is 2. The second-order valence-electron chi connectivity index (χ2n) is 4.24. The highest BCUT2D eigenvalue weighted by molar-refractivity contribution is 5.89. The van der Waals surface area contributed by atoms with Gasteiger partial charge in [-0.05, 0) is 35.9 Å². The third-order valence-corrected chi connectivity index (χ3v) is 2.59. The first-order chi connectivity index (χ1) is 9.13. The molecule has 19 heavy (non-hydrogen) atoms. The van der Waals surface area contributed by atoms with Crippen LogP contribution in [0.2, 0.25) is 0 Å². The maximum absolute atomic E-state index is 12.8. The topological polar surface area (TPSA) is 41.1 Å². The van der Waals surface area contributed by atoms with Gasteiger partial charge >= 0.3 is 0 Å². The van der Waals surface area contributed by atoms with Crippen molar-refractivity contribution in [3.63, 3.8) is 0 Å². The molecule has 4 heteroatoms. The second kappa shape index (κ2) is 6.00. The zero-order valence-corrected chi connectivity index (χ0v) is 10.6. The summed E-state index contributed by atoms with van der Waals surface area (Å²) < 4.78 is 12.8. The molecule has 0 fully saturated rings. The van der Waals surface area contributed by atoms with E-state index in [1.807, 2.05) is 24.3 Å². The molecule has 0 saturated heterocycles. The van der Waals surface area contributed by atoms with Crippen LogP contribution in [0.4, 0.5) is 15.8 Å². The molecule has 1 amide bonds. The van der Waals surface area contributed by atoms with Gasteiger partial charge in [0.05, 0.1) is 0 Å². The molecule has 2 aromatic rings. The van der Waals surface area contributed by atoms with Crippen molar-refractivity contribution in [3.05, 3.63) is 59.9 Å². The van der Waals surface area contributed by atoms with Gasteiger partial charge in [-0.1, -0.05) is 18.2 Å². The van der Waals surface area contributed by atoms with Gasteiger partial charge in [-0.15, -0.1) is 0 Å². The molecule has 0 spiro atoms. The second-order valence-corrected chi connectivity index (χ2v) is 4.24. The van der Waals surface area contributed by atoms with Gasteiger partial charge in [0.2, 0.25) is 5.91 Å². The van der Waals surface area contributed by atoms with Crippen molar-refractivity contribution in [2.45, 2.75) is 13.5 Å². The molecule has 0 aliphatic carbocycles. The molecule has 0 heterocycles. The summed E-state index contributed by atoms with van der Waals surface area (Å²) in [5.41, 5.74) is 2.64. The lowest BCUT2D eigenvalue weighted by Crippen LogP contribution is -2.06. The van der Waals surface area contributed by atoms with Crippen LogP contribution in [0.25, 0.3) is 0 Å². The van der Waals surface area contributed by atoms with E-state index < -0.39 is 0 Å². The third kappa shape index (κ3) is 4.10. The van der Waals surface area contributed by atoms with Crippen LogP contribution in [0.15, 0.2) is 48.5 Å². The molecule has 0 aliphatic heterocycles. The number of halogens is 1. The van der Waals surface area contributed by atoms with Gasteiger partial charge in [0.25, 0.3) is 0 Å². The smallest absolute Gasteiger partial charge is 0.221 e. The molecular weight excluding hydrogens is 243 g/mol. The van der Waals surface area contributed by atoms with Gasteiger partial charge in [-0.3, -0.25) is 4.79 Å². The third-order valence-electron chi connectivity index (χ3n) is 2.59. The molecule has 0 atom stereocenters. The molecule has 2 aromatic carbocycles. The quantitative estimate of drug-likeness (QED) is 0.882. The van der Waals surface area contributed by atoms with Crippen LogP contribution in [0.3, 0.4) is 0 Å². The average Bonchev–Trinajstić information content (AvgIpc) is 2.38. The monoisotopic (exact) mass is 258 g/mol. The summed E-state index contributed by atoms with van der Waals surface area (Å²) in [6, 6.07) is 13.8. The fourth-order valence-corrected chi connectivity index (χ4v) is 1.72. The van der Waals surface area contributed by atoms with E-state index in [1.54, 1.807) is 12.1 Å². The Balaban J connectivity index is 1.99. The highest BCUT2D eigenvalue weighted by atomic mass is 19.1. The Morgan fingerprint density at radius 1 is 1.11 bits per heavy atom. The minimum absolute atomic E-state index is 0.101. The van der Waals surface area contributed by atoms with Crippen LogP contribution in [0.1, 0.15) is 12.5 Å². The van der Waals surface area contributed by atoms with Gasteiger partial charge < -0.3 is 10.6 Å². The number of carbonyl (C=O) groups is 1. The summed E-state index contributed by atoms with van der Waals surface area (Å²) in [6.45, 7) is 2.07. The Bertz CT molecular complexity index is 567. The summed E-state index contributed by atoms with van der Waals surface area (Å²) in [6.07, 6.45) is 0. The largest absolute Gasteiger partial charge is 0.381 e. The normalized spacial score (nSPS) is 10.0. The lowest BCUT2D eigenvalue weighted by atomic mass is 10.2. The van der Waals surface area contributed by atoms with E-state index in [0.717, 1.165) is 16.9 Å². The number of hydrogen-bond donors (Lipinski definition) is 2. The summed E-state index contributed by atoms with van der Waals surface area (Å²) in [4.78, 5) is 11.0. The zero-order chi connectivity index (χ0) is 13.7. The van der Waals surface area contributed by atoms with Crippen LogP contribution >= 0.6 is 0 Å². The fourth-order valence-electron chi connectivity index (χ4n) is 1.72. The van der Waals surface area contributed by atoms with Gasteiger partial charge in [-0.25, -0.2) is 4.39 Å². The van der Waals surface area contributed by atoms with E-state index in [-0.39, 0.29) is 11.7 Å². The van der Waals surface area contributed by atoms with E-state index >= 15 is 0 Å². The van der Waals surface area contributed by atoms with Gasteiger partial charge in [0.1, 0.15) is 5.82 Å². The Morgan fingerprint density at radius 2 is 1.79 bits per heavy atom. The number of amides is 1. The zero-order valence-electron chi connectivity index (χ0n) is 10.6. The van der Waals surface area contributed by atoms with Crippen molar-refractivity contribution >= 4 is 17.3 Å². The number of carbonyl (C=O) groups excluding carboxylic acids is 1. The molecule has 0 radical (unpaired) electrons. The molecule has 0 bridgehead atoms. The van der Waals surface area contributed by atoms with Crippen molar-refractivity contribution in [2.24, 2.45) is 0 Å². The molecule has 0 aliphatic rings. The first-order valence-electron chi connectivity index (χ1n) is 5.99. The predicted molar refractivity (Wildman–Crippen MR) is 74.5 cm³/mol. The molecule has 2 rings (SSSR count). The van der Waals surface area contributed by atoms with Crippen molar-refractivity contribution in [3.8, 4) is 0 Å². The SMILES string of the molecule is CC(=O)Nc1cccc(NCc2ccc(F)cc2)c1. The van der Waals surface area contributed by atoms with Gasteiger partial charge in [0.15, 0.2) is 0 Å². The van der Waals surface area contributed by atoms with Crippen LogP contribution in [-0.2, 0) is 11.3 Å². The Hall–Kier alpha value is -2.36. The van der Waals surface area contributed by atoms with Crippen LogP contribution in [0.5, 0.6) is 0 Å². The van der Waals surface area contributed by atoms with Crippen molar-refractivity contribution in [1.82, 2.24) is 0 Å². The lowest BCUT2D eigenvalue weighted by Gasteiger charge is -2.09. The molecule has 0 aromatic heterocycles. The van der Waals surface area contributed by atoms with Gasteiger partial charge in [-0.2, -0.15) is 0 Å². The molecule has 98 valence electrons. The first-order valence-corrected chi connectivity index (χ1v) is 5.99. The van der Waals surface area contributed by atoms with Gasteiger partial charge in [0, 0.05) is 24.8 Å². The van der Waals surface area contributed by atoms with E-state index in [2.05, 4.69) is 10.6 Å². The highest BCUT2D eigenvalue weighted by Crippen LogP contribution is 2.16. The maximum Gasteiger partial charge on any atom is 0.221 e. The Kier molecular flexibility index (Phi) is 4.13. The molecule has 0 saturated carbocycles. The van der Waals surface area contributed by atoms with Crippen molar-refractivity contribution in [1.29, 1.82) is 0 Å². The first kappa shape index (κ1) is 13.1. The average molecular weight is 258 g/mol. The number of benzene rings is 2. The molecular formula is C15H15FN2O. The standard InChI is InChI=1S/C15H15FN2O/c1-11(19)18-15-4-2-3-14(9-15)17-10-12-5-7-13(16)8-6-12/h2-9,17H,10H2,1H3,(H,18,19). The van der Waals surface area contributed by atoms with E-state index in [0.29, 0.717) is 6.54 Å². The summed E-state index contributed by atoms with van der Waals surface area (Å²) in [5.74, 6) is -0.341. The maximum atomic E-state index is 12.8. The van der Waals surface area contributed by atoms with E-state index in [1.165, 1.54) is 19.1 Å². The molecule has 0 unspecified atom stereocenters. The van der Waals surface area contributed by atoms with Crippen molar-refractivity contribution < 1.29 is 9.18 Å². The fraction of sp³-hybridized carbons (Fsp3) is 0.133. The van der Waals surface area contributed by atoms with E-state index in [4.69, 9.17) is 0 Å². The van der Waals surface area contributed by atoms with Crippen LogP contribution in [0, 0.1) is 5.82 Å². The number of rotatable bonds is 4. The van der Waals surface area contributed by atoms with Crippen LogP contribution < -0.4 is 10.6 Å². The molecule has 2 N–H and O–H groups in total. The van der Waals surface area contributed by atoms with Crippen LogP contribution in [-0.4, -0.2) is 5.91 Å². The van der Waals surface area contributed by atoms with Crippen molar-refractivity contribution in [2.75, 3.05) is 10.6 Å². The summed E-state index contributed by atoms with van der Waals surface area (Å²) in [7, 11) is 0. The lowest BCUT2D eigenvalue weighted by molar-refractivity contribution is -0.114. The summed E-state index contributed by atoms with van der Waals surface area (Å²) >= 11 is 0. The van der Waals surface area contributed by atoms with E-state index in [9.17, 15) is 9.18 Å². The molecule has 3 nitrogen and oxygen atoms in total. The highest BCUT2D eigenvalue weighted by Gasteiger charge is 1.98. The Labute approximate surface area is 111 Å². The number of anilines is 2. The minimum Gasteiger partial charge on any atom is -0.381 e. The minimum atomic E-state index is -0.239. The number of hydrogen-bond acceptors (Lipinski definition) is 2. The Morgan fingerprint density at radius 3 is 2.47 bits per heavy atom.